The van der Waals surface area contributed by atoms with Crippen LogP contribution in [0.25, 0.3) is 11.0 Å². The average molecular weight is 252 g/mol. The zero-order valence-electron chi connectivity index (χ0n) is 10.1. The molecule has 0 bridgehead atoms. The van der Waals surface area contributed by atoms with Crippen LogP contribution in [0.1, 0.15) is 19.8 Å². The van der Waals surface area contributed by atoms with Crippen molar-refractivity contribution in [2.75, 3.05) is 11.9 Å². The van der Waals surface area contributed by atoms with Crippen molar-refractivity contribution in [2.24, 2.45) is 0 Å². The maximum absolute atomic E-state index is 3.53. The quantitative estimate of drug-likeness (QED) is 0.691. The Kier molecular flexibility index (Phi) is 3.57. The van der Waals surface area contributed by atoms with E-state index in [1.165, 1.54) is 29.8 Å². The summed E-state index contributed by atoms with van der Waals surface area (Å²) in [5.41, 5.74) is 2.71. The molecule has 92 valence electrons. The van der Waals surface area contributed by atoms with E-state index in [1.807, 2.05) is 0 Å². The number of hydrogen-bond donors (Lipinski definition) is 1. The second kappa shape index (κ2) is 4.96. The first-order chi connectivity index (χ1) is 7.92. The molecule has 2 heterocycles. The Hall–Kier alpha value is -1.22. The molecule has 0 saturated carbocycles. The van der Waals surface area contributed by atoms with Crippen LogP contribution in [0.5, 0.6) is 0 Å². The third kappa shape index (κ3) is 1.89. The Morgan fingerprint density at radius 2 is 2.18 bits per heavy atom. The molecule has 1 N–H and O–H groups in total. The normalized spacial score (nSPS) is 13.9. The van der Waals surface area contributed by atoms with Gasteiger partial charge in [-0.25, -0.2) is 9.13 Å². The summed E-state index contributed by atoms with van der Waals surface area (Å²) in [6.45, 7) is 5.56. The van der Waals surface area contributed by atoms with Gasteiger partial charge < -0.3 is 12.4 Å². The molecular weight excluding hydrogens is 234 g/mol. The Balaban J connectivity index is 0.00000108. The molecule has 3 rings (SSSR count). The molecule has 0 spiro atoms. The van der Waals surface area contributed by atoms with Crippen LogP contribution in [0, 0.1) is 0 Å². The second-order valence-corrected chi connectivity index (χ2v) is 4.40. The van der Waals surface area contributed by atoms with Crippen LogP contribution >= 0.6 is 0 Å². The molecule has 0 unspecified atom stereocenters. The highest BCUT2D eigenvalue weighted by molar-refractivity contribution is 5.74. The summed E-state index contributed by atoms with van der Waals surface area (Å²) in [7, 11) is 0. The predicted molar refractivity (Wildman–Crippen MR) is 65.5 cm³/mol. The van der Waals surface area contributed by atoms with Gasteiger partial charge >= 0.3 is 5.95 Å². The number of aromatic nitrogens is 2. The highest BCUT2D eigenvalue weighted by Gasteiger charge is 2.24. The van der Waals surface area contributed by atoms with Crippen molar-refractivity contribution < 1.29 is 17.0 Å². The molecule has 0 radical (unpaired) electrons. The zero-order chi connectivity index (χ0) is 11.0. The van der Waals surface area contributed by atoms with Gasteiger partial charge in [0.15, 0.2) is 0 Å². The number of aryl methyl sites for hydroxylation is 2. The summed E-state index contributed by atoms with van der Waals surface area (Å²) >= 11 is 0. The van der Waals surface area contributed by atoms with Crippen LogP contribution in [-0.2, 0) is 13.1 Å². The van der Waals surface area contributed by atoms with Gasteiger partial charge in [0, 0.05) is 6.42 Å². The molecule has 0 aliphatic carbocycles. The highest BCUT2D eigenvalue weighted by Crippen LogP contribution is 2.20. The second-order valence-electron chi connectivity index (χ2n) is 4.40. The van der Waals surface area contributed by atoms with Gasteiger partial charge in [0.25, 0.3) is 0 Å². The van der Waals surface area contributed by atoms with Gasteiger partial charge in [-0.05, 0) is 18.6 Å². The molecule has 3 nitrogen and oxygen atoms in total. The number of anilines is 1. The number of halogens is 1. The number of nitrogens with one attached hydrogen (secondary N) is 1. The van der Waals surface area contributed by atoms with Crippen molar-refractivity contribution in [1.29, 1.82) is 0 Å². The minimum atomic E-state index is 0. The predicted octanol–water partition coefficient (Wildman–Crippen LogP) is -0.842. The molecule has 1 aromatic carbocycles. The number of imidazole rings is 1. The van der Waals surface area contributed by atoms with Crippen LogP contribution in [0.15, 0.2) is 24.3 Å². The van der Waals surface area contributed by atoms with Crippen molar-refractivity contribution in [1.82, 2.24) is 4.57 Å². The fourth-order valence-electron chi connectivity index (χ4n) is 2.60. The molecule has 1 aliphatic rings. The fourth-order valence-corrected chi connectivity index (χ4v) is 2.60. The van der Waals surface area contributed by atoms with Gasteiger partial charge in [0.1, 0.15) is 11.0 Å². The summed E-state index contributed by atoms with van der Waals surface area (Å²) in [5.74, 6) is 1.29. The Morgan fingerprint density at radius 1 is 1.35 bits per heavy atom. The third-order valence-electron chi connectivity index (χ3n) is 3.26. The molecule has 0 atom stereocenters. The SMILES string of the molecule is CCCn1c2[n+](c3ccccc31)CCCN2.[Cl-]. The molecule has 4 heteroatoms. The summed E-state index contributed by atoms with van der Waals surface area (Å²) < 4.78 is 4.82. The van der Waals surface area contributed by atoms with E-state index in [0.29, 0.717) is 0 Å². The fraction of sp³-hybridized carbons (Fsp3) is 0.462. The van der Waals surface area contributed by atoms with Crippen LogP contribution < -0.4 is 22.3 Å². The lowest BCUT2D eigenvalue weighted by Gasteiger charge is -2.11. The lowest BCUT2D eigenvalue weighted by molar-refractivity contribution is -0.661. The molecular formula is C13H18ClN3. The number of hydrogen-bond acceptors (Lipinski definition) is 1. The lowest BCUT2D eigenvalue weighted by atomic mass is 10.3. The number of benzene rings is 1. The first-order valence-corrected chi connectivity index (χ1v) is 6.16. The molecule has 0 fully saturated rings. The molecule has 0 amide bonds. The maximum Gasteiger partial charge on any atom is 0.358 e. The first-order valence-electron chi connectivity index (χ1n) is 6.16. The third-order valence-corrected chi connectivity index (χ3v) is 3.26. The monoisotopic (exact) mass is 251 g/mol. The Bertz CT molecular complexity index is 519. The van der Waals surface area contributed by atoms with Crippen molar-refractivity contribution >= 4 is 17.0 Å². The van der Waals surface area contributed by atoms with E-state index < -0.39 is 0 Å². The van der Waals surface area contributed by atoms with E-state index in [1.54, 1.807) is 0 Å². The van der Waals surface area contributed by atoms with Crippen molar-refractivity contribution in [2.45, 2.75) is 32.9 Å². The molecule has 1 aromatic heterocycles. The number of nitrogens with zero attached hydrogens (tertiary/aromatic N) is 2. The highest BCUT2D eigenvalue weighted by atomic mass is 35.5. The summed E-state index contributed by atoms with van der Waals surface area (Å²) in [4.78, 5) is 0. The first kappa shape index (κ1) is 12.2. The zero-order valence-corrected chi connectivity index (χ0v) is 10.9. The van der Waals surface area contributed by atoms with Gasteiger partial charge in [-0.3, -0.25) is 5.32 Å². The summed E-state index contributed by atoms with van der Waals surface area (Å²) in [5, 5.41) is 3.53. The van der Waals surface area contributed by atoms with E-state index in [4.69, 9.17) is 0 Å². The van der Waals surface area contributed by atoms with E-state index in [-0.39, 0.29) is 12.4 Å². The number of rotatable bonds is 2. The Labute approximate surface area is 108 Å². The molecule has 1 aliphatic heterocycles. The average Bonchev–Trinajstić information content (AvgIpc) is 2.66. The molecule has 0 saturated heterocycles. The van der Waals surface area contributed by atoms with E-state index in [9.17, 15) is 0 Å². The van der Waals surface area contributed by atoms with Crippen molar-refractivity contribution in [3.05, 3.63) is 24.3 Å². The smallest absolute Gasteiger partial charge is 0.358 e. The van der Waals surface area contributed by atoms with E-state index >= 15 is 0 Å². The minimum absolute atomic E-state index is 0. The van der Waals surface area contributed by atoms with Crippen LogP contribution in [-0.4, -0.2) is 11.1 Å². The maximum atomic E-state index is 3.53. The van der Waals surface area contributed by atoms with Crippen molar-refractivity contribution in [3.8, 4) is 0 Å². The van der Waals surface area contributed by atoms with Crippen LogP contribution in [0.3, 0.4) is 0 Å². The molecule has 17 heavy (non-hydrogen) atoms. The van der Waals surface area contributed by atoms with Gasteiger partial charge in [-0.15, -0.1) is 0 Å². The van der Waals surface area contributed by atoms with Gasteiger partial charge in [-0.2, -0.15) is 0 Å². The van der Waals surface area contributed by atoms with Gasteiger partial charge in [0.2, 0.25) is 0 Å². The molecule has 2 aromatic rings. The summed E-state index contributed by atoms with van der Waals surface area (Å²) in [6, 6.07) is 8.69. The number of para-hydroxylation sites is 2. The standard InChI is InChI=1S/C13H17N3.ClH/c1-2-9-15-11-6-3-4-7-12(11)16-10-5-8-14-13(15)16;/h3-4,6-7H,2,5,8-10H2,1H3;1H. The largest absolute Gasteiger partial charge is 1.00 e. The van der Waals surface area contributed by atoms with Gasteiger partial charge in [0.05, 0.1) is 19.6 Å². The van der Waals surface area contributed by atoms with Crippen LogP contribution in [0.2, 0.25) is 0 Å². The Morgan fingerprint density at radius 3 is 3.00 bits per heavy atom. The summed E-state index contributed by atoms with van der Waals surface area (Å²) in [6.07, 6.45) is 2.39. The van der Waals surface area contributed by atoms with Crippen molar-refractivity contribution in [3.63, 3.8) is 0 Å². The van der Waals surface area contributed by atoms with E-state index in [2.05, 4.69) is 45.6 Å². The van der Waals surface area contributed by atoms with E-state index in [0.717, 1.165) is 19.6 Å². The topological polar surface area (TPSA) is 20.8 Å². The number of fused-ring (bicyclic) bond motifs is 3. The lowest BCUT2D eigenvalue weighted by Crippen LogP contribution is -3.00. The minimum Gasteiger partial charge on any atom is -1.00 e. The van der Waals surface area contributed by atoms with Crippen LogP contribution in [0.4, 0.5) is 5.95 Å². The van der Waals surface area contributed by atoms with Gasteiger partial charge in [-0.1, -0.05) is 19.1 Å².